The van der Waals surface area contributed by atoms with Gasteiger partial charge in [0.05, 0.1) is 6.20 Å². The van der Waals surface area contributed by atoms with Crippen LogP contribution in [0, 0.1) is 0 Å². The van der Waals surface area contributed by atoms with Crippen molar-refractivity contribution >= 4 is 40.8 Å². The topological polar surface area (TPSA) is 39.2 Å². The lowest BCUT2D eigenvalue weighted by Gasteiger charge is -2.07. The van der Waals surface area contributed by atoms with Gasteiger partial charge < -0.3 is 4.74 Å². The first-order chi connectivity index (χ1) is 6.93. The highest BCUT2D eigenvalue weighted by Gasteiger charge is 2.16. The minimum Gasteiger partial charge on any atom is -0.420 e. The Morgan fingerprint density at radius 2 is 2.07 bits per heavy atom. The molecule has 0 unspecified atom stereocenters. The van der Waals surface area contributed by atoms with Crippen molar-refractivity contribution in [3.63, 3.8) is 0 Å². The molecule has 0 amide bonds. The Kier molecular flexibility index (Phi) is 3.97. The highest BCUT2D eigenvalue weighted by molar-refractivity contribution is 6.44. The van der Waals surface area contributed by atoms with Gasteiger partial charge in [0.1, 0.15) is 10.0 Å². The van der Waals surface area contributed by atoms with Gasteiger partial charge in [0.25, 0.3) is 0 Å². The summed E-state index contributed by atoms with van der Waals surface area (Å²) in [6.07, 6.45) is 1.25. The van der Waals surface area contributed by atoms with Gasteiger partial charge in [0.2, 0.25) is 0 Å². The molecule has 15 heavy (non-hydrogen) atoms. The molecular weight excluding hydrogens is 260 g/mol. The number of carbonyl (C=O) groups is 1. The van der Waals surface area contributed by atoms with Gasteiger partial charge in [0, 0.05) is 5.57 Å². The summed E-state index contributed by atoms with van der Waals surface area (Å²) in [4.78, 5) is 14.9. The number of ether oxygens (including phenoxy) is 1. The van der Waals surface area contributed by atoms with Crippen LogP contribution in [0.5, 0.6) is 5.75 Å². The first-order valence-corrected chi connectivity index (χ1v) is 4.94. The molecule has 0 fully saturated rings. The fourth-order valence-corrected chi connectivity index (χ4v) is 1.25. The molecule has 1 rings (SSSR count). The highest BCUT2D eigenvalue weighted by atomic mass is 35.5. The van der Waals surface area contributed by atoms with E-state index in [1.807, 2.05) is 0 Å². The van der Waals surface area contributed by atoms with Crippen LogP contribution in [0.2, 0.25) is 15.2 Å². The molecule has 0 N–H and O–H groups in total. The average Bonchev–Trinajstić information content (AvgIpc) is 2.18. The van der Waals surface area contributed by atoms with Crippen LogP contribution in [0.1, 0.15) is 6.92 Å². The summed E-state index contributed by atoms with van der Waals surface area (Å²) in [5.74, 6) is -0.632. The molecule has 0 aliphatic heterocycles. The molecular formula is C9H6Cl3NO2. The van der Waals surface area contributed by atoms with Gasteiger partial charge in [-0.2, -0.15) is 0 Å². The molecule has 0 saturated heterocycles. The molecule has 0 spiro atoms. The molecule has 0 aromatic carbocycles. The second-order valence-corrected chi connectivity index (χ2v) is 3.85. The second-order valence-electron chi connectivity index (χ2n) is 2.71. The molecule has 0 aliphatic carbocycles. The van der Waals surface area contributed by atoms with Crippen molar-refractivity contribution in [3.05, 3.63) is 33.5 Å². The van der Waals surface area contributed by atoms with Crippen LogP contribution < -0.4 is 4.74 Å². The molecule has 3 nitrogen and oxygen atoms in total. The van der Waals surface area contributed by atoms with E-state index in [2.05, 4.69) is 11.6 Å². The Hall–Kier alpha value is -0.770. The maximum absolute atomic E-state index is 11.2. The largest absolute Gasteiger partial charge is 0.420 e. The molecule has 0 aliphatic rings. The number of hydrogen-bond acceptors (Lipinski definition) is 3. The fraction of sp³-hybridized carbons (Fsp3) is 0.111. The number of carbonyl (C=O) groups excluding carboxylic acids is 1. The first kappa shape index (κ1) is 12.3. The van der Waals surface area contributed by atoms with E-state index in [-0.39, 0.29) is 26.5 Å². The molecule has 1 aromatic heterocycles. The molecule has 0 saturated carbocycles. The van der Waals surface area contributed by atoms with Crippen LogP contribution in [-0.4, -0.2) is 11.0 Å². The SMILES string of the molecule is C=C(C)C(=O)Oc1c(Cl)cnc(Cl)c1Cl. The van der Waals surface area contributed by atoms with E-state index in [0.29, 0.717) is 0 Å². The van der Waals surface area contributed by atoms with Crippen molar-refractivity contribution in [2.24, 2.45) is 0 Å². The van der Waals surface area contributed by atoms with Crippen molar-refractivity contribution < 1.29 is 9.53 Å². The highest BCUT2D eigenvalue weighted by Crippen LogP contribution is 2.36. The molecule has 80 valence electrons. The van der Waals surface area contributed by atoms with Crippen LogP contribution in [-0.2, 0) is 4.79 Å². The van der Waals surface area contributed by atoms with Crippen LogP contribution in [0.25, 0.3) is 0 Å². The van der Waals surface area contributed by atoms with E-state index in [9.17, 15) is 4.79 Å². The van der Waals surface area contributed by atoms with Crippen LogP contribution in [0.15, 0.2) is 18.3 Å². The van der Waals surface area contributed by atoms with Gasteiger partial charge in [-0.15, -0.1) is 0 Å². The van der Waals surface area contributed by atoms with E-state index in [1.165, 1.54) is 13.1 Å². The number of aromatic nitrogens is 1. The number of esters is 1. The van der Waals surface area contributed by atoms with E-state index in [0.717, 1.165) is 0 Å². The Morgan fingerprint density at radius 3 is 2.60 bits per heavy atom. The second kappa shape index (κ2) is 4.84. The van der Waals surface area contributed by atoms with Crippen molar-refractivity contribution in [1.82, 2.24) is 4.98 Å². The van der Waals surface area contributed by atoms with Gasteiger partial charge in [-0.3, -0.25) is 0 Å². The van der Waals surface area contributed by atoms with Gasteiger partial charge >= 0.3 is 5.97 Å². The third-order valence-electron chi connectivity index (χ3n) is 1.43. The zero-order valence-electron chi connectivity index (χ0n) is 7.68. The van der Waals surface area contributed by atoms with Crippen molar-refractivity contribution in [2.75, 3.05) is 0 Å². The monoisotopic (exact) mass is 265 g/mol. The summed E-state index contributed by atoms with van der Waals surface area (Å²) >= 11 is 17.1. The molecule has 6 heteroatoms. The number of nitrogens with zero attached hydrogens (tertiary/aromatic N) is 1. The average molecular weight is 267 g/mol. The first-order valence-electron chi connectivity index (χ1n) is 3.80. The Bertz CT molecular complexity index is 432. The van der Waals surface area contributed by atoms with Gasteiger partial charge in [-0.05, 0) is 6.92 Å². The fourth-order valence-electron chi connectivity index (χ4n) is 0.701. The molecule has 1 aromatic rings. The Labute approximate surface area is 102 Å². The van der Waals surface area contributed by atoms with Gasteiger partial charge in [0.15, 0.2) is 10.9 Å². The van der Waals surface area contributed by atoms with Crippen LogP contribution >= 0.6 is 34.8 Å². The quantitative estimate of drug-likeness (QED) is 0.467. The minimum atomic E-state index is -0.624. The number of halogens is 3. The summed E-state index contributed by atoms with van der Waals surface area (Å²) in [7, 11) is 0. The summed E-state index contributed by atoms with van der Waals surface area (Å²) < 4.78 is 4.89. The van der Waals surface area contributed by atoms with Crippen LogP contribution in [0.4, 0.5) is 0 Å². The van der Waals surface area contributed by atoms with E-state index in [4.69, 9.17) is 39.5 Å². The Balaban J connectivity index is 3.09. The summed E-state index contributed by atoms with van der Waals surface area (Å²) in [6.45, 7) is 4.93. The van der Waals surface area contributed by atoms with E-state index in [1.54, 1.807) is 0 Å². The minimum absolute atomic E-state index is 0.00114. The summed E-state index contributed by atoms with van der Waals surface area (Å²) in [5.41, 5.74) is 0.232. The zero-order chi connectivity index (χ0) is 11.6. The van der Waals surface area contributed by atoms with E-state index >= 15 is 0 Å². The zero-order valence-corrected chi connectivity index (χ0v) is 9.95. The molecule has 0 bridgehead atoms. The van der Waals surface area contributed by atoms with Crippen molar-refractivity contribution in [3.8, 4) is 5.75 Å². The standard InChI is InChI=1S/C9H6Cl3NO2/c1-4(2)9(14)15-7-5(10)3-13-8(12)6(7)11/h3H,1H2,2H3. The molecule has 0 radical (unpaired) electrons. The van der Waals surface area contributed by atoms with E-state index < -0.39 is 5.97 Å². The lowest BCUT2D eigenvalue weighted by Crippen LogP contribution is -2.09. The smallest absolute Gasteiger partial charge is 0.338 e. The maximum Gasteiger partial charge on any atom is 0.338 e. The normalized spacial score (nSPS) is 9.87. The lowest BCUT2D eigenvalue weighted by atomic mass is 10.3. The number of hydrogen-bond donors (Lipinski definition) is 0. The maximum atomic E-state index is 11.2. The molecule has 1 heterocycles. The predicted octanol–water partition coefficient (Wildman–Crippen LogP) is 3.52. The predicted molar refractivity (Wildman–Crippen MR) is 59.7 cm³/mol. The van der Waals surface area contributed by atoms with Gasteiger partial charge in [-0.1, -0.05) is 41.4 Å². The summed E-state index contributed by atoms with van der Waals surface area (Å²) in [6, 6.07) is 0. The molecule has 0 atom stereocenters. The van der Waals surface area contributed by atoms with Crippen LogP contribution in [0.3, 0.4) is 0 Å². The lowest BCUT2D eigenvalue weighted by molar-refractivity contribution is -0.130. The van der Waals surface area contributed by atoms with Gasteiger partial charge in [-0.25, -0.2) is 9.78 Å². The van der Waals surface area contributed by atoms with Crippen molar-refractivity contribution in [1.29, 1.82) is 0 Å². The Morgan fingerprint density at radius 1 is 1.47 bits per heavy atom. The third kappa shape index (κ3) is 2.84. The summed E-state index contributed by atoms with van der Waals surface area (Å²) in [5, 5.41) is 0.128. The van der Waals surface area contributed by atoms with Crippen molar-refractivity contribution in [2.45, 2.75) is 6.92 Å². The third-order valence-corrected chi connectivity index (χ3v) is 2.44. The number of pyridine rings is 1. The number of rotatable bonds is 2.